The Morgan fingerprint density at radius 1 is 0.900 bits per heavy atom. The predicted molar refractivity (Wildman–Crippen MR) is 130 cm³/mol. The number of nitrogens with zero attached hydrogens (tertiary/aromatic N) is 1. The Kier molecular flexibility index (Phi) is 7.92. The second-order valence-corrected chi connectivity index (χ2v) is 8.06. The smallest absolute Gasteiger partial charge is 0.257 e. The molecule has 3 aromatic rings. The lowest BCUT2D eigenvalue weighted by atomic mass is 9.87. The molecule has 0 aliphatic rings. The molecule has 0 spiro atoms. The molecule has 30 heavy (non-hydrogen) atoms. The number of carbonyl (C=O) groups excluding carboxylic acids is 1. The zero-order valence-electron chi connectivity index (χ0n) is 17.1. The van der Waals surface area contributed by atoms with Crippen LogP contribution in [0.5, 0.6) is 0 Å². The van der Waals surface area contributed by atoms with Crippen LogP contribution in [0.1, 0.15) is 36.7 Å². The molecule has 3 rings (SSSR count). The van der Waals surface area contributed by atoms with Crippen LogP contribution in [-0.4, -0.2) is 16.0 Å². The Labute approximate surface area is 188 Å². The third-order valence-corrected chi connectivity index (χ3v) is 4.52. The summed E-state index contributed by atoms with van der Waals surface area (Å²) in [6.07, 6.45) is 1.73. The van der Waals surface area contributed by atoms with Gasteiger partial charge in [-0.05, 0) is 71.7 Å². The van der Waals surface area contributed by atoms with E-state index in [1.807, 2.05) is 66.7 Å². The molecule has 5 nitrogen and oxygen atoms in total. The molecule has 3 N–H and O–H groups in total. The molecule has 7 heteroatoms. The Morgan fingerprint density at radius 2 is 1.53 bits per heavy atom. The highest BCUT2D eigenvalue weighted by Crippen LogP contribution is 2.22. The molecule has 1 aromatic heterocycles. The largest absolute Gasteiger partial charge is 0.340 e. The number of pyridine rings is 1. The summed E-state index contributed by atoms with van der Waals surface area (Å²) < 4.78 is 0. The molecule has 0 aliphatic heterocycles. The van der Waals surface area contributed by atoms with Crippen molar-refractivity contribution in [1.29, 1.82) is 0 Å². The molecule has 1 amide bonds. The number of benzene rings is 2. The van der Waals surface area contributed by atoms with Crippen LogP contribution in [-0.2, 0) is 5.41 Å². The second kappa shape index (κ2) is 10.2. The van der Waals surface area contributed by atoms with Crippen molar-refractivity contribution in [2.45, 2.75) is 26.2 Å². The van der Waals surface area contributed by atoms with Gasteiger partial charge >= 0.3 is 0 Å². The first-order valence-electron chi connectivity index (χ1n) is 9.32. The number of halogens is 1. The third-order valence-electron chi connectivity index (χ3n) is 4.32. The molecule has 0 aliphatic carbocycles. The minimum absolute atomic E-state index is 0. The second-order valence-electron chi connectivity index (χ2n) is 7.65. The molecule has 0 radical (unpaired) electrons. The van der Waals surface area contributed by atoms with Gasteiger partial charge in [-0.15, -0.1) is 12.4 Å². The van der Waals surface area contributed by atoms with E-state index >= 15 is 0 Å². The fourth-order valence-corrected chi connectivity index (χ4v) is 2.89. The van der Waals surface area contributed by atoms with Gasteiger partial charge in [0.1, 0.15) is 5.82 Å². The topological polar surface area (TPSA) is 66.1 Å². The van der Waals surface area contributed by atoms with Crippen LogP contribution in [0.15, 0.2) is 72.9 Å². The third kappa shape index (κ3) is 6.54. The lowest BCUT2D eigenvalue weighted by molar-refractivity contribution is 0.0977. The van der Waals surface area contributed by atoms with E-state index in [0.717, 1.165) is 17.2 Å². The van der Waals surface area contributed by atoms with Crippen molar-refractivity contribution in [2.24, 2.45) is 0 Å². The highest BCUT2D eigenvalue weighted by Gasteiger charge is 2.14. The zero-order chi connectivity index (χ0) is 20.9. The summed E-state index contributed by atoms with van der Waals surface area (Å²) >= 11 is 5.27. The van der Waals surface area contributed by atoms with Gasteiger partial charge in [0, 0.05) is 23.1 Å². The van der Waals surface area contributed by atoms with Crippen LogP contribution in [0.2, 0.25) is 0 Å². The van der Waals surface area contributed by atoms with Crippen molar-refractivity contribution in [3.63, 3.8) is 0 Å². The lowest BCUT2D eigenvalue weighted by Crippen LogP contribution is -2.34. The SMILES string of the molecule is CC(C)(C)c1ccc(C(=O)NC(=S)Nc2ccc(Nc3ccccn3)cc2)cc1.Cl. The molecular formula is C23H25ClN4OS. The van der Waals surface area contributed by atoms with Crippen LogP contribution >= 0.6 is 24.6 Å². The molecule has 0 unspecified atom stereocenters. The van der Waals surface area contributed by atoms with Crippen molar-refractivity contribution in [3.05, 3.63) is 84.1 Å². The van der Waals surface area contributed by atoms with E-state index in [2.05, 4.69) is 41.7 Å². The molecular weight excluding hydrogens is 416 g/mol. The lowest BCUT2D eigenvalue weighted by Gasteiger charge is -2.19. The van der Waals surface area contributed by atoms with E-state index in [-0.39, 0.29) is 28.8 Å². The Balaban J connectivity index is 0.00000320. The summed E-state index contributed by atoms with van der Waals surface area (Å²) in [4.78, 5) is 16.6. The highest BCUT2D eigenvalue weighted by atomic mass is 35.5. The number of anilines is 3. The van der Waals surface area contributed by atoms with Gasteiger partial charge in [0.25, 0.3) is 5.91 Å². The Morgan fingerprint density at radius 3 is 2.10 bits per heavy atom. The first-order chi connectivity index (χ1) is 13.8. The average molecular weight is 441 g/mol. The number of hydrogen-bond acceptors (Lipinski definition) is 4. The first kappa shape index (κ1) is 23.3. The summed E-state index contributed by atoms with van der Waals surface area (Å²) in [5, 5.41) is 9.20. The van der Waals surface area contributed by atoms with Gasteiger partial charge in [-0.25, -0.2) is 4.98 Å². The number of carbonyl (C=O) groups is 1. The summed E-state index contributed by atoms with van der Waals surface area (Å²) in [6.45, 7) is 6.41. The zero-order valence-corrected chi connectivity index (χ0v) is 18.7. The number of aromatic nitrogens is 1. The monoisotopic (exact) mass is 440 g/mol. The van der Waals surface area contributed by atoms with E-state index < -0.39 is 0 Å². The quantitative estimate of drug-likeness (QED) is 0.456. The molecule has 2 aromatic carbocycles. The number of nitrogens with one attached hydrogen (secondary N) is 3. The number of rotatable bonds is 4. The number of amides is 1. The van der Waals surface area contributed by atoms with Crippen LogP contribution in [0.3, 0.4) is 0 Å². The average Bonchev–Trinajstić information content (AvgIpc) is 2.69. The fraction of sp³-hybridized carbons (Fsp3) is 0.174. The summed E-state index contributed by atoms with van der Waals surface area (Å²) in [6, 6.07) is 20.8. The van der Waals surface area contributed by atoms with Crippen LogP contribution in [0, 0.1) is 0 Å². The van der Waals surface area contributed by atoms with Crippen LogP contribution in [0.4, 0.5) is 17.2 Å². The molecule has 0 atom stereocenters. The fourth-order valence-electron chi connectivity index (χ4n) is 2.68. The molecule has 0 saturated carbocycles. The van der Waals surface area contributed by atoms with Gasteiger partial charge in [-0.1, -0.05) is 39.0 Å². The van der Waals surface area contributed by atoms with Gasteiger partial charge < -0.3 is 10.6 Å². The van der Waals surface area contributed by atoms with Gasteiger partial charge in [-0.2, -0.15) is 0 Å². The first-order valence-corrected chi connectivity index (χ1v) is 9.73. The van der Waals surface area contributed by atoms with E-state index in [0.29, 0.717) is 5.56 Å². The molecule has 1 heterocycles. The van der Waals surface area contributed by atoms with E-state index in [4.69, 9.17) is 12.2 Å². The van der Waals surface area contributed by atoms with Crippen LogP contribution < -0.4 is 16.0 Å². The summed E-state index contributed by atoms with van der Waals surface area (Å²) in [7, 11) is 0. The molecule has 0 bridgehead atoms. The van der Waals surface area contributed by atoms with Gasteiger partial charge in [-0.3, -0.25) is 10.1 Å². The van der Waals surface area contributed by atoms with E-state index in [1.54, 1.807) is 6.20 Å². The molecule has 0 saturated heterocycles. The minimum atomic E-state index is -0.239. The number of thiocarbonyl (C=S) groups is 1. The van der Waals surface area contributed by atoms with Crippen molar-refractivity contribution in [3.8, 4) is 0 Å². The normalized spacial score (nSPS) is 10.5. The maximum Gasteiger partial charge on any atom is 0.257 e. The summed E-state index contributed by atoms with van der Waals surface area (Å²) in [5.74, 6) is 0.532. The predicted octanol–water partition coefficient (Wildman–Crippen LogP) is 5.67. The number of hydrogen-bond donors (Lipinski definition) is 3. The van der Waals surface area contributed by atoms with Crippen molar-refractivity contribution in [1.82, 2.24) is 10.3 Å². The van der Waals surface area contributed by atoms with E-state index in [9.17, 15) is 4.79 Å². The van der Waals surface area contributed by atoms with Gasteiger partial charge in [0.2, 0.25) is 0 Å². The highest BCUT2D eigenvalue weighted by molar-refractivity contribution is 7.80. The Hall–Kier alpha value is -2.96. The minimum Gasteiger partial charge on any atom is -0.340 e. The van der Waals surface area contributed by atoms with E-state index in [1.165, 1.54) is 5.56 Å². The van der Waals surface area contributed by atoms with Crippen molar-refractivity contribution >= 4 is 52.8 Å². The maximum atomic E-state index is 12.4. The van der Waals surface area contributed by atoms with Gasteiger partial charge in [0.15, 0.2) is 5.11 Å². The standard InChI is InChI=1S/C23H24N4OS.ClH/c1-23(2,3)17-9-7-16(8-10-17)21(28)27-22(29)26-19-13-11-18(12-14-19)25-20-6-4-5-15-24-20;/h4-15H,1-3H3,(H,24,25)(H2,26,27,28,29);1H. The van der Waals surface area contributed by atoms with Gasteiger partial charge in [0.05, 0.1) is 0 Å². The molecule has 0 fully saturated rings. The van der Waals surface area contributed by atoms with Crippen molar-refractivity contribution in [2.75, 3.05) is 10.6 Å². The maximum absolute atomic E-state index is 12.4. The van der Waals surface area contributed by atoms with Crippen LogP contribution in [0.25, 0.3) is 0 Å². The summed E-state index contributed by atoms with van der Waals surface area (Å²) in [5.41, 5.74) is 3.48. The molecule has 156 valence electrons. The van der Waals surface area contributed by atoms with Crippen molar-refractivity contribution < 1.29 is 4.79 Å². The Bertz CT molecular complexity index is 984.